The van der Waals surface area contributed by atoms with Crippen LogP contribution in [0.3, 0.4) is 0 Å². The van der Waals surface area contributed by atoms with E-state index in [-0.39, 0.29) is 11.9 Å². The third-order valence-corrected chi connectivity index (χ3v) is 5.08. The van der Waals surface area contributed by atoms with Gasteiger partial charge in [-0.3, -0.25) is 9.69 Å². The standard InChI is InChI=1S/C16H22F3N3O3S/c1-11(22-9-7-14(8-10-22)21-26(2,24)25)15(23)20-13-5-3-12(4-6-13)16(17,18)19/h3-6,11,14,21H,7-10H2,1-2H3,(H,20,23)/t11-/m1/s1. The van der Waals surface area contributed by atoms with E-state index in [4.69, 9.17) is 0 Å². The van der Waals surface area contributed by atoms with Gasteiger partial charge in [-0.15, -0.1) is 0 Å². The second-order valence-electron chi connectivity index (χ2n) is 6.44. The predicted molar refractivity (Wildman–Crippen MR) is 92.1 cm³/mol. The molecule has 0 radical (unpaired) electrons. The van der Waals surface area contributed by atoms with Crippen LogP contribution in [0.1, 0.15) is 25.3 Å². The molecular formula is C16H22F3N3O3S. The average Bonchev–Trinajstić information content (AvgIpc) is 2.53. The van der Waals surface area contributed by atoms with Crippen LogP contribution in [-0.2, 0) is 21.0 Å². The van der Waals surface area contributed by atoms with Gasteiger partial charge in [0.2, 0.25) is 15.9 Å². The fourth-order valence-corrected chi connectivity index (χ4v) is 3.70. The number of hydrogen-bond donors (Lipinski definition) is 2. The predicted octanol–water partition coefficient (Wildman–Crippen LogP) is 2.05. The van der Waals surface area contributed by atoms with E-state index < -0.39 is 27.8 Å². The minimum atomic E-state index is -4.42. The lowest BCUT2D eigenvalue weighted by Crippen LogP contribution is -2.50. The third-order valence-electron chi connectivity index (χ3n) is 4.32. The SMILES string of the molecule is C[C@H](C(=O)Nc1ccc(C(F)(F)F)cc1)N1CCC(NS(C)(=O)=O)CC1. The topological polar surface area (TPSA) is 78.5 Å². The Hall–Kier alpha value is -1.65. The minimum Gasteiger partial charge on any atom is -0.325 e. The van der Waals surface area contributed by atoms with Gasteiger partial charge in [0.25, 0.3) is 0 Å². The first-order valence-electron chi connectivity index (χ1n) is 8.15. The summed E-state index contributed by atoms with van der Waals surface area (Å²) in [6.07, 6.45) is -2.13. The molecule has 1 saturated heterocycles. The maximum absolute atomic E-state index is 12.6. The molecule has 1 aliphatic rings. The largest absolute Gasteiger partial charge is 0.416 e. The normalized spacial score (nSPS) is 18.5. The number of halogens is 3. The quantitative estimate of drug-likeness (QED) is 0.803. The molecule has 0 unspecified atom stereocenters. The van der Waals surface area contributed by atoms with E-state index in [2.05, 4.69) is 10.0 Å². The van der Waals surface area contributed by atoms with E-state index in [0.717, 1.165) is 18.4 Å². The second kappa shape index (κ2) is 7.93. The minimum absolute atomic E-state index is 0.147. The van der Waals surface area contributed by atoms with Gasteiger partial charge in [-0.05, 0) is 44.0 Å². The van der Waals surface area contributed by atoms with Crippen molar-refractivity contribution >= 4 is 21.6 Å². The Morgan fingerprint density at radius 3 is 2.19 bits per heavy atom. The molecule has 0 aromatic heterocycles. The molecule has 10 heteroatoms. The van der Waals surface area contributed by atoms with Crippen LogP contribution in [-0.4, -0.2) is 50.7 Å². The lowest BCUT2D eigenvalue weighted by atomic mass is 10.0. The molecule has 1 aromatic rings. The van der Waals surface area contributed by atoms with Crippen molar-refractivity contribution in [1.29, 1.82) is 0 Å². The summed E-state index contributed by atoms with van der Waals surface area (Å²) in [5.74, 6) is -0.320. The first kappa shape index (κ1) is 20.7. The first-order valence-corrected chi connectivity index (χ1v) is 10.0. The summed E-state index contributed by atoms with van der Waals surface area (Å²) < 4.78 is 62.7. The van der Waals surface area contributed by atoms with E-state index in [1.807, 2.05) is 4.90 Å². The van der Waals surface area contributed by atoms with Crippen LogP contribution in [0.2, 0.25) is 0 Å². The smallest absolute Gasteiger partial charge is 0.325 e. The Kier molecular flexibility index (Phi) is 6.30. The lowest BCUT2D eigenvalue weighted by molar-refractivity contribution is -0.137. The van der Waals surface area contributed by atoms with E-state index in [1.54, 1.807) is 6.92 Å². The molecule has 6 nitrogen and oxygen atoms in total. The second-order valence-corrected chi connectivity index (χ2v) is 8.22. The van der Waals surface area contributed by atoms with Gasteiger partial charge in [0, 0.05) is 24.8 Å². The Bertz CT molecular complexity index is 727. The number of hydrogen-bond acceptors (Lipinski definition) is 4. The zero-order valence-corrected chi connectivity index (χ0v) is 15.3. The summed E-state index contributed by atoms with van der Waals surface area (Å²) in [5.41, 5.74) is -0.479. The first-order chi connectivity index (χ1) is 12.0. The number of sulfonamides is 1. The fourth-order valence-electron chi connectivity index (χ4n) is 2.86. The molecule has 0 aliphatic carbocycles. The van der Waals surface area contributed by atoms with Crippen molar-refractivity contribution in [2.45, 2.75) is 38.0 Å². The molecule has 0 spiro atoms. The van der Waals surface area contributed by atoms with Gasteiger partial charge in [0.1, 0.15) is 0 Å². The molecule has 146 valence electrons. The van der Waals surface area contributed by atoms with E-state index in [1.165, 1.54) is 12.1 Å². The van der Waals surface area contributed by atoms with Crippen LogP contribution in [0.15, 0.2) is 24.3 Å². The third kappa shape index (κ3) is 5.96. The summed E-state index contributed by atoms with van der Waals surface area (Å²) >= 11 is 0. The van der Waals surface area contributed by atoms with Gasteiger partial charge in [0.15, 0.2) is 0 Å². The number of carbonyl (C=O) groups excluding carboxylic acids is 1. The van der Waals surface area contributed by atoms with Crippen LogP contribution in [0.4, 0.5) is 18.9 Å². The highest BCUT2D eigenvalue weighted by atomic mass is 32.2. The molecule has 1 aliphatic heterocycles. The highest BCUT2D eigenvalue weighted by molar-refractivity contribution is 7.88. The van der Waals surface area contributed by atoms with Gasteiger partial charge in [-0.1, -0.05) is 0 Å². The van der Waals surface area contributed by atoms with Gasteiger partial charge in [-0.2, -0.15) is 13.2 Å². The summed E-state index contributed by atoms with van der Waals surface area (Å²) in [6, 6.07) is 3.65. The van der Waals surface area contributed by atoms with Crippen LogP contribution in [0.25, 0.3) is 0 Å². The highest BCUT2D eigenvalue weighted by Gasteiger charge is 2.30. The maximum Gasteiger partial charge on any atom is 0.416 e. The highest BCUT2D eigenvalue weighted by Crippen LogP contribution is 2.29. The van der Waals surface area contributed by atoms with Crippen molar-refractivity contribution < 1.29 is 26.4 Å². The zero-order valence-electron chi connectivity index (χ0n) is 14.5. The summed E-state index contributed by atoms with van der Waals surface area (Å²) in [7, 11) is -3.26. The Morgan fingerprint density at radius 1 is 1.19 bits per heavy atom. The summed E-state index contributed by atoms with van der Waals surface area (Å²) in [6.45, 7) is 2.81. The fraction of sp³-hybridized carbons (Fsp3) is 0.562. The van der Waals surface area contributed by atoms with E-state index >= 15 is 0 Å². The molecule has 1 atom stereocenters. The van der Waals surface area contributed by atoms with Crippen LogP contribution < -0.4 is 10.0 Å². The Labute approximate surface area is 150 Å². The molecule has 1 aromatic carbocycles. The Morgan fingerprint density at radius 2 is 1.73 bits per heavy atom. The summed E-state index contributed by atoms with van der Waals surface area (Å²) in [4.78, 5) is 14.2. The van der Waals surface area contributed by atoms with Crippen molar-refractivity contribution in [2.24, 2.45) is 0 Å². The van der Waals surface area contributed by atoms with Crippen LogP contribution >= 0.6 is 0 Å². The molecule has 1 amide bonds. The molecule has 0 bridgehead atoms. The van der Waals surface area contributed by atoms with Gasteiger partial charge < -0.3 is 5.32 Å². The molecule has 1 fully saturated rings. The molecule has 2 rings (SSSR count). The number of carbonyl (C=O) groups is 1. The van der Waals surface area contributed by atoms with Gasteiger partial charge in [-0.25, -0.2) is 13.1 Å². The van der Waals surface area contributed by atoms with Crippen molar-refractivity contribution in [1.82, 2.24) is 9.62 Å². The molecule has 26 heavy (non-hydrogen) atoms. The number of benzene rings is 1. The number of nitrogens with zero attached hydrogens (tertiary/aromatic N) is 1. The van der Waals surface area contributed by atoms with Gasteiger partial charge in [0.05, 0.1) is 17.9 Å². The summed E-state index contributed by atoms with van der Waals surface area (Å²) in [5, 5.41) is 2.61. The molecule has 2 N–H and O–H groups in total. The maximum atomic E-state index is 12.6. The van der Waals surface area contributed by atoms with Crippen molar-refractivity contribution in [2.75, 3.05) is 24.7 Å². The zero-order chi connectivity index (χ0) is 19.5. The molecule has 0 saturated carbocycles. The lowest BCUT2D eigenvalue weighted by Gasteiger charge is -2.35. The average molecular weight is 393 g/mol. The number of piperidine rings is 1. The van der Waals surface area contributed by atoms with Crippen LogP contribution in [0.5, 0.6) is 0 Å². The number of alkyl halides is 3. The monoisotopic (exact) mass is 393 g/mol. The van der Waals surface area contributed by atoms with Crippen LogP contribution in [0, 0.1) is 0 Å². The number of anilines is 1. The van der Waals surface area contributed by atoms with Gasteiger partial charge >= 0.3 is 6.18 Å². The van der Waals surface area contributed by atoms with E-state index in [0.29, 0.717) is 31.6 Å². The number of rotatable bonds is 5. The number of likely N-dealkylation sites (tertiary alicyclic amines) is 1. The Balaban J connectivity index is 1.88. The number of amides is 1. The molecule has 1 heterocycles. The molecular weight excluding hydrogens is 371 g/mol. The van der Waals surface area contributed by atoms with Crippen molar-refractivity contribution in [3.8, 4) is 0 Å². The number of nitrogens with one attached hydrogen (secondary N) is 2. The van der Waals surface area contributed by atoms with Crippen molar-refractivity contribution in [3.05, 3.63) is 29.8 Å². The van der Waals surface area contributed by atoms with Crippen molar-refractivity contribution in [3.63, 3.8) is 0 Å². The van der Waals surface area contributed by atoms with E-state index in [9.17, 15) is 26.4 Å².